The molecule has 2 heterocycles. The number of amides is 1. The van der Waals surface area contributed by atoms with Crippen LogP contribution in [0, 0.1) is 0 Å². The monoisotopic (exact) mass is 302 g/mol. The van der Waals surface area contributed by atoms with Crippen molar-refractivity contribution >= 4 is 5.91 Å². The van der Waals surface area contributed by atoms with Crippen LogP contribution in [0.15, 0.2) is 35.0 Å². The van der Waals surface area contributed by atoms with E-state index in [2.05, 4.69) is 5.16 Å². The molecule has 0 bridgehead atoms. The van der Waals surface area contributed by atoms with Crippen LogP contribution in [0.5, 0.6) is 5.75 Å². The van der Waals surface area contributed by atoms with Gasteiger partial charge < -0.3 is 18.9 Å². The van der Waals surface area contributed by atoms with Gasteiger partial charge in [-0.05, 0) is 24.3 Å². The van der Waals surface area contributed by atoms with Crippen LogP contribution >= 0.6 is 0 Å². The highest BCUT2D eigenvalue weighted by Gasteiger charge is 2.24. The Balaban J connectivity index is 1.63. The van der Waals surface area contributed by atoms with Crippen LogP contribution in [0.4, 0.5) is 0 Å². The Morgan fingerprint density at radius 3 is 2.91 bits per heavy atom. The van der Waals surface area contributed by atoms with Crippen molar-refractivity contribution in [2.24, 2.45) is 0 Å². The second-order valence-corrected chi connectivity index (χ2v) is 5.12. The number of fused-ring (bicyclic) bond motifs is 1. The topological polar surface area (TPSA) is 64.8 Å². The third-order valence-corrected chi connectivity index (χ3v) is 3.64. The van der Waals surface area contributed by atoms with Crippen molar-refractivity contribution in [2.45, 2.75) is 13.0 Å². The molecule has 0 unspecified atom stereocenters. The lowest BCUT2D eigenvalue weighted by molar-refractivity contribution is 0.0729. The first-order valence-electron chi connectivity index (χ1n) is 7.21. The molecular formula is C16H18N2O4. The fraction of sp³-hybridized carbons (Fsp3) is 0.375. The van der Waals surface area contributed by atoms with E-state index in [4.69, 9.17) is 14.0 Å². The van der Waals surface area contributed by atoms with Crippen molar-refractivity contribution in [1.29, 1.82) is 0 Å². The van der Waals surface area contributed by atoms with Crippen LogP contribution < -0.4 is 4.74 Å². The van der Waals surface area contributed by atoms with E-state index in [-0.39, 0.29) is 5.91 Å². The molecule has 1 aromatic heterocycles. The fourth-order valence-electron chi connectivity index (χ4n) is 2.43. The zero-order valence-electron chi connectivity index (χ0n) is 12.4. The van der Waals surface area contributed by atoms with Crippen molar-refractivity contribution in [1.82, 2.24) is 10.1 Å². The average molecular weight is 302 g/mol. The van der Waals surface area contributed by atoms with Gasteiger partial charge in [-0.15, -0.1) is 0 Å². The number of methoxy groups -OCH3 is 1. The Hall–Kier alpha value is -2.34. The lowest BCUT2D eigenvalue weighted by Crippen LogP contribution is -2.35. The Bertz CT molecular complexity index is 636. The lowest BCUT2D eigenvalue weighted by Gasteiger charge is -2.25. The molecule has 0 spiro atoms. The summed E-state index contributed by atoms with van der Waals surface area (Å²) in [5.41, 5.74) is 1.64. The highest BCUT2D eigenvalue weighted by molar-refractivity contribution is 5.94. The van der Waals surface area contributed by atoms with Crippen LogP contribution in [0.3, 0.4) is 0 Å². The summed E-state index contributed by atoms with van der Waals surface area (Å²) < 4.78 is 15.6. The van der Waals surface area contributed by atoms with Crippen molar-refractivity contribution in [2.75, 3.05) is 26.9 Å². The van der Waals surface area contributed by atoms with E-state index in [9.17, 15) is 4.79 Å². The summed E-state index contributed by atoms with van der Waals surface area (Å²) >= 11 is 0. The largest absolute Gasteiger partial charge is 0.491 e. The number of ether oxygens (including phenoxy) is 2. The first-order valence-corrected chi connectivity index (χ1v) is 7.21. The van der Waals surface area contributed by atoms with Crippen molar-refractivity contribution < 1.29 is 18.8 Å². The Kier molecular flexibility index (Phi) is 4.39. The van der Waals surface area contributed by atoms with E-state index in [1.807, 2.05) is 0 Å². The maximum Gasteiger partial charge on any atom is 0.254 e. The SMILES string of the molecule is COCCOc1ccc(C(=O)N2CCc3oncc3C2)cc1. The van der Waals surface area contributed by atoms with Gasteiger partial charge in [0, 0.05) is 31.2 Å². The molecule has 2 aromatic rings. The summed E-state index contributed by atoms with van der Waals surface area (Å²) in [5.74, 6) is 1.62. The van der Waals surface area contributed by atoms with Crippen LogP contribution in [0.25, 0.3) is 0 Å². The second-order valence-electron chi connectivity index (χ2n) is 5.12. The summed E-state index contributed by atoms with van der Waals surface area (Å²) in [6, 6.07) is 7.18. The summed E-state index contributed by atoms with van der Waals surface area (Å²) in [6.07, 6.45) is 2.39. The average Bonchev–Trinajstić information content (AvgIpc) is 3.02. The third kappa shape index (κ3) is 3.12. The molecule has 116 valence electrons. The van der Waals surface area contributed by atoms with Gasteiger partial charge in [0.15, 0.2) is 0 Å². The van der Waals surface area contributed by atoms with Gasteiger partial charge in [-0.2, -0.15) is 0 Å². The van der Waals surface area contributed by atoms with Gasteiger partial charge in [0.25, 0.3) is 5.91 Å². The molecule has 22 heavy (non-hydrogen) atoms. The highest BCUT2D eigenvalue weighted by atomic mass is 16.5. The molecular weight excluding hydrogens is 284 g/mol. The third-order valence-electron chi connectivity index (χ3n) is 3.64. The molecule has 1 aliphatic heterocycles. The van der Waals surface area contributed by atoms with Crippen LogP contribution in [-0.2, 0) is 17.7 Å². The predicted octanol–water partition coefficient (Wildman–Crippen LogP) is 1.90. The number of carbonyl (C=O) groups is 1. The molecule has 6 nitrogen and oxygen atoms in total. The normalized spacial score (nSPS) is 13.8. The Morgan fingerprint density at radius 1 is 1.32 bits per heavy atom. The number of nitrogens with zero attached hydrogens (tertiary/aromatic N) is 2. The van der Waals surface area contributed by atoms with E-state index in [0.29, 0.717) is 38.3 Å². The van der Waals surface area contributed by atoms with Gasteiger partial charge in [0.05, 0.1) is 19.3 Å². The summed E-state index contributed by atoms with van der Waals surface area (Å²) in [7, 11) is 1.63. The molecule has 3 rings (SSSR count). The van der Waals surface area contributed by atoms with Gasteiger partial charge in [0.1, 0.15) is 18.1 Å². The molecule has 6 heteroatoms. The molecule has 0 atom stereocenters. The van der Waals surface area contributed by atoms with Gasteiger partial charge in [-0.25, -0.2) is 0 Å². The smallest absolute Gasteiger partial charge is 0.254 e. The van der Waals surface area contributed by atoms with E-state index in [1.165, 1.54) is 0 Å². The molecule has 1 amide bonds. The van der Waals surface area contributed by atoms with Gasteiger partial charge >= 0.3 is 0 Å². The maximum atomic E-state index is 12.5. The van der Waals surface area contributed by atoms with Crippen LogP contribution in [0.1, 0.15) is 21.7 Å². The predicted molar refractivity (Wildman–Crippen MR) is 78.8 cm³/mol. The Labute approximate surface area is 128 Å². The molecule has 0 saturated heterocycles. The molecule has 0 saturated carbocycles. The number of aromatic nitrogens is 1. The van der Waals surface area contributed by atoms with Crippen molar-refractivity contribution in [3.63, 3.8) is 0 Å². The zero-order valence-corrected chi connectivity index (χ0v) is 12.4. The first kappa shape index (κ1) is 14.6. The zero-order chi connectivity index (χ0) is 15.4. The minimum absolute atomic E-state index is 0.00953. The van der Waals surface area contributed by atoms with Gasteiger partial charge in [-0.3, -0.25) is 4.79 Å². The van der Waals surface area contributed by atoms with E-state index >= 15 is 0 Å². The fourth-order valence-corrected chi connectivity index (χ4v) is 2.43. The standard InChI is InChI=1S/C16H18N2O4/c1-20-8-9-21-14-4-2-12(3-5-14)16(19)18-7-6-15-13(11-18)10-17-22-15/h2-5,10H,6-9,11H2,1H3. The number of carbonyl (C=O) groups excluding carboxylic acids is 1. The van der Waals surface area contributed by atoms with Gasteiger partial charge in [-0.1, -0.05) is 5.16 Å². The highest BCUT2D eigenvalue weighted by Crippen LogP contribution is 2.21. The number of hydrogen-bond acceptors (Lipinski definition) is 5. The van der Waals surface area contributed by atoms with Crippen LogP contribution in [-0.4, -0.2) is 42.8 Å². The van der Waals surface area contributed by atoms with E-state index < -0.39 is 0 Å². The number of benzene rings is 1. The summed E-state index contributed by atoms with van der Waals surface area (Å²) in [6.45, 7) is 2.22. The first-order chi connectivity index (χ1) is 10.8. The molecule has 0 N–H and O–H groups in total. The summed E-state index contributed by atoms with van der Waals surface area (Å²) in [5, 5.41) is 3.78. The number of hydrogen-bond donors (Lipinski definition) is 0. The molecule has 0 aliphatic carbocycles. The van der Waals surface area contributed by atoms with Gasteiger partial charge in [0.2, 0.25) is 0 Å². The minimum Gasteiger partial charge on any atom is -0.491 e. The maximum absolute atomic E-state index is 12.5. The quantitative estimate of drug-likeness (QED) is 0.789. The molecule has 1 aromatic carbocycles. The van der Waals surface area contributed by atoms with Crippen molar-refractivity contribution in [3.05, 3.63) is 47.3 Å². The van der Waals surface area contributed by atoms with Crippen molar-refractivity contribution in [3.8, 4) is 5.75 Å². The minimum atomic E-state index is 0.00953. The summed E-state index contributed by atoms with van der Waals surface area (Å²) in [4.78, 5) is 14.3. The molecule has 0 fully saturated rings. The molecule has 0 radical (unpaired) electrons. The lowest BCUT2D eigenvalue weighted by atomic mass is 10.1. The van der Waals surface area contributed by atoms with E-state index in [0.717, 1.165) is 17.1 Å². The second kappa shape index (κ2) is 6.62. The van der Waals surface area contributed by atoms with E-state index in [1.54, 1.807) is 42.5 Å². The number of rotatable bonds is 5. The van der Waals surface area contributed by atoms with Crippen LogP contribution in [0.2, 0.25) is 0 Å². The molecule has 1 aliphatic rings. The Morgan fingerprint density at radius 2 is 2.14 bits per heavy atom.